The summed E-state index contributed by atoms with van der Waals surface area (Å²) in [5.41, 5.74) is 1.19. The average Bonchev–Trinajstić information content (AvgIpc) is 3.11. The summed E-state index contributed by atoms with van der Waals surface area (Å²) in [4.78, 5) is 30.6. The van der Waals surface area contributed by atoms with Crippen molar-refractivity contribution in [1.29, 1.82) is 0 Å². The maximum atomic E-state index is 12.9. The van der Waals surface area contributed by atoms with Gasteiger partial charge in [0.2, 0.25) is 10.0 Å². The Labute approximate surface area is 181 Å². The molecule has 0 atom stereocenters. The van der Waals surface area contributed by atoms with Gasteiger partial charge in [-0.15, -0.1) is 11.3 Å². The third-order valence-electron chi connectivity index (χ3n) is 4.94. The highest BCUT2D eigenvalue weighted by Gasteiger charge is 2.19. The van der Waals surface area contributed by atoms with Crippen molar-refractivity contribution in [3.8, 4) is 0 Å². The normalized spacial score (nSPS) is 13.8. The first-order valence-corrected chi connectivity index (χ1v) is 12.1. The molecule has 0 fully saturated rings. The molecule has 0 aliphatic heterocycles. The molecule has 8 nitrogen and oxygen atoms in total. The number of benzene rings is 1. The Morgan fingerprint density at radius 2 is 1.97 bits per heavy atom. The van der Waals surface area contributed by atoms with Crippen LogP contribution in [-0.4, -0.2) is 30.3 Å². The van der Waals surface area contributed by atoms with Gasteiger partial charge in [0.25, 0.3) is 5.56 Å². The summed E-state index contributed by atoms with van der Waals surface area (Å²) >= 11 is 1.49. The molecule has 2 heterocycles. The number of esters is 1. The van der Waals surface area contributed by atoms with E-state index in [4.69, 9.17) is 4.74 Å². The van der Waals surface area contributed by atoms with Crippen LogP contribution >= 0.6 is 11.3 Å². The van der Waals surface area contributed by atoms with Crippen molar-refractivity contribution in [3.63, 3.8) is 0 Å². The van der Waals surface area contributed by atoms with Crippen LogP contribution in [0.3, 0.4) is 0 Å². The monoisotopic (exact) mass is 465 g/mol. The van der Waals surface area contributed by atoms with Gasteiger partial charge in [-0.25, -0.2) is 22.5 Å². The zero-order chi connectivity index (χ0) is 22.0. The first-order valence-electron chi connectivity index (χ1n) is 9.77. The van der Waals surface area contributed by atoms with E-state index in [1.54, 1.807) is 4.40 Å². The Kier molecular flexibility index (Phi) is 6.17. The maximum Gasteiger partial charge on any atom is 0.307 e. The highest BCUT2D eigenvalue weighted by molar-refractivity contribution is 7.89. The van der Waals surface area contributed by atoms with Gasteiger partial charge in [0.05, 0.1) is 17.0 Å². The van der Waals surface area contributed by atoms with E-state index in [9.17, 15) is 22.4 Å². The highest BCUT2D eigenvalue weighted by atomic mass is 32.2. The Morgan fingerprint density at radius 1 is 1.23 bits per heavy atom. The molecule has 11 heteroatoms. The van der Waals surface area contributed by atoms with Gasteiger partial charge in [0.15, 0.2) is 4.96 Å². The number of rotatable bonds is 7. The van der Waals surface area contributed by atoms with Crippen molar-refractivity contribution in [3.05, 3.63) is 62.8 Å². The van der Waals surface area contributed by atoms with Crippen molar-refractivity contribution in [1.82, 2.24) is 14.1 Å². The largest absolute Gasteiger partial charge is 0.459 e. The van der Waals surface area contributed by atoms with E-state index in [0.717, 1.165) is 55.6 Å². The van der Waals surface area contributed by atoms with Gasteiger partial charge < -0.3 is 4.74 Å². The molecule has 0 bridgehead atoms. The van der Waals surface area contributed by atoms with E-state index in [2.05, 4.69) is 9.71 Å². The first-order chi connectivity index (χ1) is 14.8. The summed E-state index contributed by atoms with van der Waals surface area (Å²) in [6.07, 6.45) is 3.76. The number of nitrogens with zero attached hydrogens (tertiary/aromatic N) is 2. The van der Waals surface area contributed by atoms with Crippen LogP contribution in [0.2, 0.25) is 0 Å². The molecule has 0 unspecified atom stereocenters. The van der Waals surface area contributed by atoms with Gasteiger partial charge in [-0.05, 0) is 49.9 Å². The Balaban J connectivity index is 1.33. The molecule has 1 aliphatic rings. The third-order valence-corrected chi connectivity index (χ3v) is 7.56. The van der Waals surface area contributed by atoms with Crippen molar-refractivity contribution < 1.29 is 22.3 Å². The number of ether oxygens (including phenoxy) is 1. The summed E-state index contributed by atoms with van der Waals surface area (Å²) in [7, 11) is -3.85. The van der Waals surface area contributed by atoms with Crippen LogP contribution in [0.25, 0.3) is 4.96 Å². The summed E-state index contributed by atoms with van der Waals surface area (Å²) < 4.78 is 46.2. The van der Waals surface area contributed by atoms with Crippen LogP contribution in [0.1, 0.15) is 35.5 Å². The van der Waals surface area contributed by atoms with Crippen LogP contribution in [0.5, 0.6) is 0 Å². The second-order valence-electron chi connectivity index (χ2n) is 7.15. The number of aromatic nitrogens is 2. The van der Waals surface area contributed by atoms with Crippen LogP contribution in [0.4, 0.5) is 4.39 Å². The summed E-state index contributed by atoms with van der Waals surface area (Å²) in [6.45, 7) is -0.344. The molecule has 2 aromatic heterocycles. The highest BCUT2D eigenvalue weighted by Crippen LogP contribution is 2.28. The standard InChI is InChI=1S/C20H20FN3O5S2/c21-13-5-7-15(8-6-13)31(27,28)22-10-9-19(26)29-12-14-11-18(25)24-16-3-1-2-4-17(16)30-20(24)23-14/h5-8,11,22H,1-4,9-10,12H2. The molecule has 3 aromatic rings. The lowest BCUT2D eigenvalue weighted by Gasteiger charge is -2.10. The number of hydrogen-bond donors (Lipinski definition) is 1. The van der Waals surface area contributed by atoms with Gasteiger partial charge in [0.1, 0.15) is 12.4 Å². The van der Waals surface area contributed by atoms with E-state index in [0.29, 0.717) is 10.7 Å². The number of carbonyl (C=O) groups excluding carboxylic acids is 1. The molecule has 1 aliphatic carbocycles. The van der Waals surface area contributed by atoms with Crippen LogP contribution in [0, 0.1) is 5.82 Å². The molecular weight excluding hydrogens is 445 g/mol. The number of sulfonamides is 1. The van der Waals surface area contributed by atoms with Crippen molar-refractivity contribution in [2.75, 3.05) is 6.54 Å². The fourth-order valence-electron chi connectivity index (χ4n) is 3.43. The quantitative estimate of drug-likeness (QED) is 0.536. The van der Waals surface area contributed by atoms with Crippen LogP contribution < -0.4 is 10.3 Å². The molecule has 0 radical (unpaired) electrons. The van der Waals surface area contributed by atoms with Crippen LogP contribution in [0.15, 0.2) is 40.0 Å². The molecule has 0 saturated carbocycles. The molecule has 1 aromatic carbocycles. The molecule has 0 amide bonds. The summed E-state index contributed by atoms with van der Waals surface area (Å²) in [5, 5.41) is 0. The van der Waals surface area contributed by atoms with Gasteiger partial charge in [-0.1, -0.05) is 0 Å². The zero-order valence-corrected chi connectivity index (χ0v) is 18.1. The predicted molar refractivity (Wildman–Crippen MR) is 112 cm³/mol. The lowest BCUT2D eigenvalue weighted by Crippen LogP contribution is -2.26. The van der Waals surface area contributed by atoms with Gasteiger partial charge in [-0.3, -0.25) is 14.0 Å². The third kappa shape index (κ3) is 4.83. The van der Waals surface area contributed by atoms with E-state index >= 15 is 0 Å². The van der Waals surface area contributed by atoms with E-state index in [-0.39, 0.29) is 30.0 Å². The lowest BCUT2D eigenvalue weighted by atomic mass is 10.0. The number of fused-ring (bicyclic) bond motifs is 3. The van der Waals surface area contributed by atoms with E-state index < -0.39 is 21.8 Å². The SMILES string of the molecule is O=C(CCNS(=O)(=O)c1ccc(F)cc1)OCc1cc(=O)n2c3c(sc2n1)CCCC3. The maximum absolute atomic E-state index is 12.9. The van der Waals surface area contributed by atoms with E-state index in [1.807, 2.05) is 0 Å². The minimum Gasteiger partial charge on any atom is -0.459 e. The lowest BCUT2D eigenvalue weighted by molar-refractivity contribution is -0.144. The number of thiazole rings is 1. The number of nitrogens with one attached hydrogen (secondary N) is 1. The Bertz CT molecular complexity index is 1280. The minimum absolute atomic E-state index is 0.0982. The predicted octanol–water partition coefficient (Wildman–Crippen LogP) is 2.19. The van der Waals surface area contributed by atoms with Crippen molar-refractivity contribution >= 4 is 32.3 Å². The topological polar surface area (TPSA) is 107 Å². The van der Waals surface area contributed by atoms with E-state index in [1.165, 1.54) is 22.3 Å². The minimum atomic E-state index is -3.85. The number of halogens is 1. The smallest absolute Gasteiger partial charge is 0.307 e. The Morgan fingerprint density at radius 3 is 2.74 bits per heavy atom. The fraction of sp³-hybridized carbons (Fsp3) is 0.350. The molecule has 0 saturated heterocycles. The summed E-state index contributed by atoms with van der Waals surface area (Å²) in [5.74, 6) is -1.18. The molecule has 0 spiro atoms. The van der Waals surface area contributed by atoms with Crippen molar-refractivity contribution in [2.45, 2.75) is 43.6 Å². The number of carbonyl (C=O) groups is 1. The van der Waals surface area contributed by atoms with Crippen LogP contribution in [-0.2, 0) is 39.0 Å². The molecular formula is C20H20FN3O5S2. The molecule has 1 N–H and O–H groups in total. The number of hydrogen-bond acceptors (Lipinski definition) is 7. The van der Waals surface area contributed by atoms with Gasteiger partial charge in [0, 0.05) is 23.2 Å². The zero-order valence-electron chi connectivity index (χ0n) is 16.5. The molecule has 164 valence electrons. The second-order valence-corrected chi connectivity index (χ2v) is 9.97. The number of aryl methyl sites for hydroxylation is 2. The van der Waals surface area contributed by atoms with Gasteiger partial charge >= 0.3 is 5.97 Å². The van der Waals surface area contributed by atoms with Crippen molar-refractivity contribution in [2.24, 2.45) is 0 Å². The molecule has 31 heavy (non-hydrogen) atoms. The second kappa shape index (κ2) is 8.85. The average molecular weight is 466 g/mol. The van der Waals surface area contributed by atoms with Gasteiger partial charge in [-0.2, -0.15) is 0 Å². The Hall–Kier alpha value is -2.63. The first kappa shape index (κ1) is 21.6. The fourth-order valence-corrected chi connectivity index (χ4v) is 5.69. The molecule has 4 rings (SSSR count). The summed E-state index contributed by atoms with van der Waals surface area (Å²) in [6, 6.07) is 5.72.